The minimum atomic E-state index is -0.885. The second kappa shape index (κ2) is 9.57. The van der Waals surface area contributed by atoms with E-state index in [2.05, 4.69) is 10.6 Å². The largest absolute Gasteiger partial charge is 0.481 e. The number of nitrogens with one attached hydrogen (secondary N) is 2. The minimum Gasteiger partial charge on any atom is -0.481 e. The molecular weight excluding hydrogens is 360 g/mol. The van der Waals surface area contributed by atoms with E-state index in [-0.39, 0.29) is 30.7 Å². The van der Waals surface area contributed by atoms with Crippen LogP contribution in [-0.2, 0) is 14.4 Å². The van der Waals surface area contributed by atoms with Crippen LogP contribution in [-0.4, -0.2) is 35.0 Å². The molecule has 2 atom stereocenters. The summed E-state index contributed by atoms with van der Waals surface area (Å²) in [4.78, 5) is 35.7. The number of para-hydroxylation sites is 2. The van der Waals surface area contributed by atoms with Gasteiger partial charge in [-0.25, -0.2) is 0 Å². The Kier molecular flexibility index (Phi) is 6.90. The zero-order valence-corrected chi connectivity index (χ0v) is 16.0. The van der Waals surface area contributed by atoms with Gasteiger partial charge in [0.15, 0.2) is 6.10 Å². The highest BCUT2D eigenvalue weighted by molar-refractivity contribution is 5.99. The third kappa shape index (κ3) is 5.71. The first kappa shape index (κ1) is 20.2. The van der Waals surface area contributed by atoms with Gasteiger partial charge in [0.1, 0.15) is 5.75 Å². The maximum atomic E-state index is 12.5. The van der Waals surface area contributed by atoms with Crippen LogP contribution in [0.15, 0.2) is 24.3 Å². The molecule has 1 heterocycles. The van der Waals surface area contributed by atoms with Gasteiger partial charge in [-0.3, -0.25) is 14.4 Å². The van der Waals surface area contributed by atoms with Crippen molar-refractivity contribution < 1.29 is 24.2 Å². The molecular formula is C21H28N2O5. The summed E-state index contributed by atoms with van der Waals surface area (Å²) in [7, 11) is 0. The fourth-order valence-electron chi connectivity index (χ4n) is 4.05. The number of ether oxygens (including phenoxy) is 1. The number of hydrogen-bond acceptors (Lipinski definition) is 4. The number of benzene rings is 1. The van der Waals surface area contributed by atoms with E-state index in [0.29, 0.717) is 23.8 Å². The molecule has 1 aliphatic carbocycles. The van der Waals surface area contributed by atoms with Crippen molar-refractivity contribution >= 4 is 23.5 Å². The topological polar surface area (TPSA) is 105 Å². The lowest BCUT2D eigenvalue weighted by atomic mass is 9.84. The van der Waals surface area contributed by atoms with Crippen molar-refractivity contribution in [2.75, 3.05) is 5.32 Å². The molecule has 1 saturated carbocycles. The second-order valence-electron chi connectivity index (χ2n) is 7.73. The van der Waals surface area contributed by atoms with Crippen molar-refractivity contribution in [1.29, 1.82) is 0 Å². The predicted octanol–water partition coefficient (Wildman–Crippen LogP) is 3.10. The van der Waals surface area contributed by atoms with E-state index in [0.717, 1.165) is 19.3 Å². The number of amides is 2. The third-order valence-electron chi connectivity index (χ3n) is 5.49. The van der Waals surface area contributed by atoms with E-state index < -0.39 is 12.1 Å². The molecule has 0 saturated heterocycles. The smallest absolute Gasteiger partial charge is 0.303 e. The van der Waals surface area contributed by atoms with Crippen molar-refractivity contribution in [1.82, 2.24) is 5.32 Å². The van der Waals surface area contributed by atoms with Gasteiger partial charge in [-0.15, -0.1) is 0 Å². The Morgan fingerprint density at radius 3 is 2.71 bits per heavy atom. The number of carbonyl (C=O) groups is 3. The summed E-state index contributed by atoms with van der Waals surface area (Å²) >= 11 is 0. The van der Waals surface area contributed by atoms with Crippen LogP contribution in [0.25, 0.3) is 0 Å². The molecule has 28 heavy (non-hydrogen) atoms. The van der Waals surface area contributed by atoms with Crippen LogP contribution in [0, 0.1) is 5.92 Å². The van der Waals surface area contributed by atoms with Gasteiger partial charge >= 0.3 is 5.97 Å². The van der Waals surface area contributed by atoms with Crippen LogP contribution in [0.5, 0.6) is 5.75 Å². The first-order chi connectivity index (χ1) is 13.5. The van der Waals surface area contributed by atoms with Gasteiger partial charge in [0.05, 0.1) is 12.1 Å². The number of carboxylic acid groups (broad SMARTS) is 1. The van der Waals surface area contributed by atoms with Crippen molar-refractivity contribution in [3.05, 3.63) is 24.3 Å². The van der Waals surface area contributed by atoms with Gasteiger partial charge in [0.2, 0.25) is 5.91 Å². The van der Waals surface area contributed by atoms with Gasteiger partial charge < -0.3 is 20.5 Å². The van der Waals surface area contributed by atoms with E-state index in [1.54, 1.807) is 24.3 Å². The Morgan fingerprint density at radius 2 is 1.96 bits per heavy atom. The average molecular weight is 388 g/mol. The molecule has 2 amide bonds. The highest BCUT2D eigenvalue weighted by Gasteiger charge is 2.30. The summed E-state index contributed by atoms with van der Waals surface area (Å²) in [6, 6.07) is 6.91. The highest BCUT2D eigenvalue weighted by atomic mass is 16.5. The maximum absolute atomic E-state index is 12.5. The molecule has 3 rings (SSSR count). The van der Waals surface area contributed by atoms with E-state index in [9.17, 15) is 14.4 Å². The van der Waals surface area contributed by atoms with Crippen LogP contribution in [0.2, 0.25) is 0 Å². The van der Waals surface area contributed by atoms with E-state index in [1.165, 1.54) is 19.3 Å². The third-order valence-corrected chi connectivity index (χ3v) is 5.49. The molecule has 0 bridgehead atoms. The second-order valence-corrected chi connectivity index (χ2v) is 7.73. The Bertz CT molecular complexity index is 715. The van der Waals surface area contributed by atoms with Crippen molar-refractivity contribution in [3.8, 4) is 5.75 Å². The summed E-state index contributed by atoms with van der Waals surface area (Å²) in [5, 5.41) is 14.7. The molecule has 1 aromatic rings. The molecule has 152 valence electrons. The number of anilines is 1. The number of carbonyl (C=O) groups excluding carboxylic acids is 2. The summed E-state index contributed by atoms with van der Waals surface area (Å²) in [5.74, 6) is -0.429. The van der Waals surface area contributed by atoms with Crippen molar-refractivity contribution in [2.24, 2.45) is 5.92 Å². The first-order valence-electron chi connectivity index (χ1n) is 10.1. The lowest BCUT2D eigenvalue weighted by Crippen LogP contribution is -2.44. The lowest BCUT2D eigenvalue weighted by Gasteiger charge is -2.28. The summed E-state index contributed by atoms with van der Waals surface area (Å²) in [6.07, 6.45) is 6.13. The quantitative estimate of drug-likeness (QED) is 0.635. The van der Waals surface area contributed by atoms with Crippen molar-refractivity contribution in [2.45, 2.75) is 69.9 Å². The predicted molar refractivity (Wildman–Crippen MR) is 104 cm³/mol. The molecule has 1 fully saturated rings. The van der Waals surface area contributed by atoms with Gasteiger partial charge in [0.25, 0.3) is 5.91 Å². The molecule has 1 aliphatic heterocycles. The molecule has 2 unspecified atom stereocenters. The minimum absolute atomic E-state index is 0.0193. The van der Waals surface area contributed by atoms with Crippen LogP contribution < -0.4 is 15.4 Å². The summed E-state index contributed by atoms with van der Waals surface area (Å²) in [6.45, 7) is 0. The van der Waals surface area contributed by atoms with Crippen LogP contribution in [0.4, 0.5) is 5.69 Å². The highest BCUT2D eigenvalue weighted by Crippen LogP contribution is 2.30. The Balaban J connectivity index is 1.56. The Hall–Kier alpha value is -2.57. The fourth-order valence-corrected chi connectivity index (χ4v) is 4.05. The normalized spacial score (nSPS) is 20.4. The number of rotatable bonds is 8. The SMILES string of the molecule is O=C(O)CCC(CC1CCCCC1)NC(=O)CC1Oc2ccccc2NC1=O. The Morgan fingerprint density at radius 1 is 1.21 bits per heavy atom. The number of hydrogen-bond donors (Lipinski definition) is 3. The molecule has 0 radical (unpaired) electrons. The number of carboxylic acids is 1. The number of aliphatic carboxylic acids is 1. The lowest BCUT2D eigenvalue weighted by molar-refractivity contribution is -0.137. The molecule has 0 spiro atoms. The molecule has 2 aliphatic rings. The van der Waals surface area contributed by atoms with Gasteiger partial charge in [-0.1, -0.05) is 44.2 Å². The van der Waals surface area contributed by atoms with Crippen LogP contribution in [0.1, 0.15) is 57.8 Å². The fraction of sp³-hybridized carbons (Fsp3) is 0.571. The zero-order chi connectivity index (χ0) is 19.9. The van der Waals surface area contributed by atoms with E-state index >= 15 is 0 Å². The molecule has 3 N–H and O–H groups in total. The molecule has 7 heteroatoms. The maximum Gasteiger partial charge on any atom is 0.303 e. The van der Waals surface area contributed by atoms with Gasteiger partial charge in [-0.2, -0.15) is 0 Å². The molecule has 1 aromatic carbocycles. The standard InChI is InChI=1S/C21H28N2O5/c24-19(13-18-21(27)23-16-8-4-5-9-17(16)28-18)22-15(10-11-20(25)26)12-14-6-2-1-3-7-14/h4-5,8-9,14-15,18H,1-3,6-7,10-13H2,(H,22,24)(H,23,27)(H,25,26). The van der Waals surface area contributed by atoms with E-state index in [4.69, 9.17) is 9.84 Å². The zero-order valence-electron chi connectivity index (χ0n) is 16.0. The van der Waals surface area contributed by atoms with E-state index in [1.807, 2.05) is 0 Å². The van der Waals surface area contributed by atoms with Crippen LogP contribution >= 0.6 is 0 Å². The number of fused-ring (bicyclic) bond motifs is 1. The van der Waals surface area contributed by atoms with Crippen molar-refractivity contribution in [3.63, 3.8) is 0 Å². The van der Waals surface area contributed by atoms with Gasteiger partial charge in [-0.05, 0) is 30.9 Å². The monoisotopic (exact) mass is 388 g/mol. The first-order valence-corrected chi connectivity index (χ1v) is 10.1. The summed E-state index contributed by atoms with van der Waals surface area (Å²) in [5.41, 5.74) is 0.598. The Labute approximate surface area is 164 Å². The van der Waals surface area contributed by atoms with Gasteiger partial charge in [0, 0.05) is 12.5 Å². The average Bonchev–Trinajstić information content (AvgIpc) is 2.67. The molecule has 7 nitrogen and oxygen atoms in total. The molecule has 0 aromatic heterocycles. The summed E-state index contributed by atoms with van der Waals surface area (Å²) < 4.78 is 5.68. The van der Waals surface area contributed by atoms with Crippen LogP contribution in [0.3, 0.4) is 0 Å².